The predicted octanol–water partition coefficient (Wildman–Crippen LogP) is 1.48. The number of rotatable bonds is 24. The van der Waals surface area contributed by atoms with Crippen LogP contribution in [0.1, 0.15) is 20.8 Å². The van der Waals surface area contributed by atoms with Gasteiger partial charge in [0.15, 0.2) is 0 Å². The van der Waals surface area contributed by atoms with Crippen molar-refractivity contribution in [2.75, 3.05) is 99.1 Å². The van der Waals surface area contributed by atoms with Crippen LogP contribution < -0.4 is 0 Å². The van der Waals surface area contributed by atoms with Gasteiger partial charge in [-0.3, -0.25) is 0 Å². The number of hydrogen-bond donors (Lipinski definition) is 0. The van der Waals surface area contributed by atoms with E-state index in [2.05, 4.69) is 0 Å². The maximum absolute atomic E-state index is 5.57. The molecule has 0 N–H and O–H groups in total. The zero-order chi connectivity index (χ0) is 20.5. The summed E-state index contributed by atoms with van der Waals surface area (Å²) in [5, 5.41) is 0. The third kappa shape index (κ3) is 21.9. The van der Waals surface area contributed by atoms with Crippen molar-refractivity contribution in [3.8, 4) is 0 Å². The zero-order valence-electron chi connectivity index (χ0n) is 17.9. The molecule has 0 bridgehead atoms. The first kappa shape index (κ1) is 27.6. The third-order valence-electron chi connectivity index (χ3n) is 3.17. The van der Waals surface area contributed by atoms with Crippen molar-refractivity contribution < 1.29 is 42.6 Å². The predicted molar refractivity (Wildman–Crippen MR) is 104 cm³/mol. The Labute approximate surface area is 169 Å². The summed E-state index contributed by atoms with van der Waals surface area (Å²) >= 11 is 0. The fourth-order valence-electron chi connectivity index (χ4n) is 1.85. The fraction of sp³-hybridized carbons (Fsp3) is 1.00. The first-order valence-corrected chi connectivity index (χ1v) is 10.2. The van der Waals surface area contributed by atoms with Crippen molar-refractivity contribution in [1.29, 1.82) is 0 Å². The highest BCUT2D eigenvalue weighted by Gasteiger charge is 2.10. The summed E-state index contributed by atoms with van der Waals surface area (Å²) in [6, 6.07) is 0. The highest BCUT2D eigenvalue weighted by Crippen LogP contribution is 1.99. The van der Waals surface area contributed by atoms with Crippen LogP contribution in [0.5, 0.6) is 0 Å². The van der Waals surface area contributed by atoms with Gasteiger partial charge in [-0.05, 0) is 20.8 Å². The van der Waals surface area contributed by atoms with E-state index in [0.717, 1.165) is 0 Å². The molecular formula is C19H40O9. The van der Waals surface area contributed by atoms with E-state index >= 15 is 0 Å². The van der Waals surface area contributed by atoms with Gasteiger partial charge >= 0.3 is 0 Å². The molecule has 9 heteroatoms. The van der Waals surface area contributed by atoms with Crippen LogP contribution in [0.25, 0.3) is 0 Å². The molecule has 0 saturated heterocycles. The SMILES string of the molecule is CCOCCOCCOC(OCCOCCOCC)OCCOCCOCC. The second-order valence-corrected chi connectivity index (χ2v) is 5.33. The molecule has 0 aliphatic carbocycles. The van der Waals surface area contributed by atoms with E-state index in [1.807, 2.05) is 20.8 Å². The first-order chi connectivity index (χ1) is 13.8. The van der Waals surface area contributed by atoms with E-state index in [-0.39, 0.29) is 0 Å². The van der Waals surface area contributed by atoms with Crippen LogP contribution in [0, 0.1) is 0 Å². The normalized spacial score (nSPS) is 11.6. The molecule has 0 aromatic rings. The molecule has 0 saturated carbocycles. The molecule has 0 atom stereocenters. The third-order valence-corrected chi connectivity index (χ3v) is 3.17. The van der Waals surface area contributed by atoms with Crippen LogP contribution in [-0.4, -0.2) is 106 Å². The van der Waals surface area contributed by atoms with Crippen molar-refractivity contribution in [3.63, 3.8) is 0 Å². The summed E-state index contributed by atoms with van der Waals surface area (Å²) in [7, 11) is 0. The Kier molecular flexibility index (Phi) is 24.4. The van der Waals surface area contributed by atoms with Gasteiger partial charge < -0.3 is 42.6 Å². The minimum absolute atomic E-state index is 0.354. The molecule has 0 radical (unpaired) electrons. The summed E-state index contributed by atoms with van der Waals surface area (Å²) in [6.07, 6.45) is 0. The Morgan fingerprint density at radius 1 is 0.357 bits per heavy atom. The molecule has 28 heavy (non-hydrogen) atoms. The first-order valence-electron chi connectivity index (χ1n) is 10.2. The van der Waals surface area contributed by atoms with E-state index in [9.17, 15) is 0 Å². The summed E-state index contributed by atoms with van der Waals surface area (Å²) in [4.78, 5) is 0. The molecule has 0 aliphatic heterocycles. The topological polar surface area (TPSA) is 83.1 Å². The van der Waals surface area contributed by atoms with Gasteiger partial charge in [0.2, 0.25) is 0 Å². The van der Waals surface area contributed by atoms with Crippen LogP contribution in [0.2, 0.25) is 0 Å². The van der Waals surface area contributed by atoms with E-state index in [1.165, 1.54) is 0 Å². The van der Waals surface area contributed by atoms with E-state index in [4.69, 9.17) is 42.6 Å². The second kappa shape index (κ2) is 24.7. The highest BCUT2D eigenvalue weighted by molar-refractivity contribution is 4.38. The molecule has 170 valence electrons. The summed E-state index contributed by atoms with van der Waals surface area (Å²) < 4.78 is 48.5. The second-order valence-electron chi connectivity index (χ2n) is 5.33. The van der Waals surface area contributed by atoms with Gasteiger partial charge in [0, 0.05) is 19.8 Å². The molecule has 0 aromatic heterocycles. The summed E-state index contributed by atoms with van der Waals surface area (Å²) in [6.45, 7) is 12.8. The quantitative estimate of drug-likeness (QED) is 0.173. The number of ether oxygens (including phenoxy) is 9. The van der Waals surface area contributed by atoms with Gasteiger partial charge in [0.25, 0.3) is 6.48 Å². The van der Waals surface area contributed by atoms with Gasteiger partial charge in [-0.15, -0.1) is 0 Å². The van der Waals surface area contributed by atoms with Gasteiger partial charge in [-0.1, -0.05) is 0 Å². The lowest BCUT2D eigenvalue weighted by Crippen LogP contribution is -2.27. The lowest BCUT2D eigenvalue weighted by atomic mass is 10.7. The Morgan fingerprint density at radius 2 is 0.607 bits per heavy atom. The van der Waals surface area contributed by atoms with Crippen molar-refractivity contribution in [2.24, 2.45) is 0 Å². The molecule has 0 spiro atoms. The molecule has 0 aliphatic rings. The van der Waals surface area contributed by atoms with Crippen molar-refractivity contribution >= 4 is 0 Å². The minimum atomic E-state index is -0.790. The van der Waals surface area contributed by atoms with Gasteiger partial charge in [-0.2, -0.15) is 0 Å². The highest BCUT2D eigenvalue weighted by atomic mass is 16.8. The Morgan fingerprint density at radius 3 is 0.893 bits per heavy atom. The number of hydrogen-bond acceptors (Lipinski definition) is 9. The Balaban J connectivity index is 3.80. The molecule has 9 nitrogen and oxygen atoms in total. The standard InChI is InChI=1S/C19H40O9/c1-4-20-7-10-23-13-16-26-19(27-17-14-24-11-8-21-5-2)28-18-15-25-12-9-22-6-3/h19H,4-18H2,1-3H3. The molecule has 0 fully saturated rings. The van der Waals surface area contributed by atoms with Crippen LogP contribution >= 0.6 is 0 Å². The molecule has 0 rings (SSSR count). The minimum Gasteiger partial charge on any atom is -0.379 e. The van der Waals surface area contributed by atoms with Crippen LogP contribution in [0.15, 0.2) is 0 Å². The molecule has 0 amide bonds. The van der Waals surface area contributed by atoms with Gasteiger partial charge in [0.1, 0.15) is 0 Å². The van der Waals surface area contributed by atoms with Crippen molar-refractivity contribution in [2.45, 2.75) is 27.2 Å². The smallest absolute Gasteiger partial charge is 0.271 e. The van der Waals surface area contributed by atoms with Crippen molar-refractivity contribution in [1.82, 2.24) is 0 Å². The van der Waals surface area contributed by atoms with E-state index < -0.39 is 6.48 Å². The Bertz CT molecular complexity index is 239. The van der Waals surface area contributed by atoms with Gasteiger partial charge in [0.05, 0.1) is 79.3 Å². The lowest BCUT2D eigenvalue weighted by Gasteiger charge is -2.19. The Hall–Kier alpha value is -0.360. The fourth-order valence-corrected chi connectivity index (χ4v) is 1.85. The van der Waals surface area contributed by atoms with E-state index in [0.29, 0.717) is 99.1 Å². The molecule has 0 unspecified atom stereocenters. The van der Waals surface area contributed by atoms with Crippen molar-refractivity contribution in [3.05, 3.63) is 0 Å². The van der Waals surface area contributed by atoms with Crippen LogP contribution in [0.4, 0.5) is 0 Å². The average Bonchev–Trinajstić information content (AvgIpc) is 2.71. The lowest BCUT2D eigenvalue weighted by molar-refractivity contribution is -0.295. The largest absolute Gasteiger partial charge is 0.379 e. The average molecular weight is 413 g/mol. The monoisotopic (exact) mass is 412 g/mol. The summed E-state index contributed by atoms with van der Waals surface area (Å²) in [5.74, 6) is 0. The maximum atomic E-state index is 5.57. The van der Waals surface area contributed by atoms with E-state index in [1.54, 1.807) is 0 Å². The maximum Gasteiger partial charge on any atom is 0.271 e. The molecule has 0 aromatic carbocycles. The van der Waals surface area contributed by atoms with Crippen LogP contribution in [-0.2, 0) is 42.6 Å². The summed E-state index contributed by atoms with van der Waals surface area (Å²) in [5.41, 5.74) is 0. The molecule has 0 heterocycles. The molecular weight excluding hydrogens is 372 g/mol. The van der Waals surface area contributed by atoms with Crippen LogP contribution in [0.3, 0.4) is 0 Å². The van der Waals surface area contributed by atoms with Gasteiger partial charge in [-0.25, -0.2) is 0 Å². The zero-order valence-corrected chi connectivity index (χ0v) is 17.9.